The van der Waals surface area contributed by atoms with Gasteiger partial charge >= 0.3 is 182 Å². The van der Waals surface area contributed by atoms with Crippen LogP contribution in [0.4, 0.5) is 0 Å². The van der Waals surface area contributed by atoms with E-state index in [1.807, 2.05) is 0 Å². The van der Waals surface area contributed by atoms with Gasteiger partial charge in [0.05, 0.1) is 0 Å². The zero-order valence-electron chi connectivity index (χ0n) is 16.7. The van der Waals surface area contributed by atoms with Gasteiger partial charge in [0.2, 0.25) is 0 Å². The third-order valence-corrected chi connectivity index (χ3v) is 15.9. The van der Waals surface area contributed by atoms with Gasteiger partial charge in [-0.1, -0.05) is 0 Å². The monoisotopic (exact) mass is 466 g/mol. The third-order valence-electron chi connectivity index (χ3n) is 6.40. The van der Waals surface area contributed by atoms with Gasteiger partial charge in [-0.05, 0) is 0 Å². The van der Waals surface area contributed by atoms with E-state index < -0.39 is 5.31 Å². The maximum absolute atomic E-state index is 13.7. The van der Waals surface area contributed by atoms with Crippen LogP contribution in [0.5, 0.6) is 0 Å². The van der Waals surface area contributed by atoms with E-state index in [1.165, 1.54) is 35.2 Å². The summed E-state index contributed by atoms with van der Waals surface area (Å²) in [6, 6.07) is 31.9. The zero-order chi connectivity index (χ0) is 20.2. The number of halogens is 1. The van der Waals surface area contributed by atoms with E-state index in [-0.39, 0.29) is 5.92 Å². The molecule has 1 saturated carbocycles. The first-order valence-corrected chi connectivity index (χ1v) is 15.0. The van der Waals surface area contributed by atoms with Gasteiger partial charge < -0.3 is 0 Å². The van der Waals surface area contributed by atoms with Crippen molar-refractivity contribution >= 4 is 42.5 Å². The fourth-order valence-electron chi connectivity index (χ4n) is 4.78. The van der Waals surface area contributed by atoms with E-state index in [9.17, 15) is 4.79 Å². The molecule has 0 spiro atoms. The number of benzene rings is 3. The van der Waals surface area contributed by atoms with Crippen molar-refractivity contribution in [1.82, 2.24) is 0 Å². The van der Waals surface area contributed by atoms with E-state index >= 15 is 0 Å². The van der Waals surface area contributed by atoms with Crippen molar-refractivity contribution in [2.45, 2.75) is 32.1 Å². The van der Waals surface area contributed by atoms with Crippen molar-refractivity contribution in [2.75, 3.05) is 6.16 Å². The minimum absolute atomic E-state index is 0.193. The molecule has 0 bridgehead atoms. The summed E-state index contributed by atoms with van der Waals surface area (Å²) in [5.74, 6) is 0.606. The van der Waals surface area contributed by atoms with E-state index in [2.05, 4.69) is 106 Å². The molecule has 0 heterocycles. The second-order valence-electron chi connectivity index (χ2n) is 8.15. The zero-order valence-corrected chi connectivity index (χ0v) is 19.2. The van der Waals surface area contributed by atoms with Crippen LogP contribution in [0.15, 0.2) is 91.0 Å². The van der Waals surface area contributed by atoms with Gasteiger partial charge in [-0.25, -0.2) is 0 Å². The van der Waals surface area contributed by atoms with Crippen molar-refractivity contribution in [2.24, 2.45) is 5.92 Å². The van der Waals surface area contributed by atoms with Crippen LogP contribution >= 0.6 is 20.8 Å². The van der Waals surface area contributed by atoms with Crippen LogP contribution in [0.25, 0.3) is 0 Å². The second kappa shape index (κ2) is 8.54. The topological polar surface area (TPSA) is 17.1 Å². The quantitative estimate of drug-likeness (QED) is 0.408. The summed E-state index contributed by atoms with van der Waals surface area (Å²) in [6.07, 6.45) is 6.23. The molecule has 1 aliphatic carbocycles. The van der Waals surface area contributed by atoms with Gasteiger partial charge in [0.1, 0.15) is 0 Å². The average Bonchev–Trinajstić information content (AvgIpc) is 2.81. The molecule has 1 fully saturated rings. The Morgan fingerprint density at radius 3 is 1.45 bits per heavy atom. The van der Waals surface area contributed by atoms with Crippen molar-refractivity contribution in [3.63, 3.8) is 0 Å². The molecule has 0 saturated heterocycles. The molecule has 3 aromatic carbocycles. The van der Waals surface area contributed by atoms with Crippen molar-refractivity contribution in [3.05, 3.63) is 91.0 Å². The molecule has 0 unspecified atom stereocenters. The number of hydrogen-bond donors (Lipinski definition) is 0. The van der Waals surface area contributed by atoms with Crippen LogP contribution in [0.2, 0.25) is 0 Å². The summed E-state index contributed by atoms with van der Waals surface area (Å²) in [4.78, 5) is 13.7. The molecule has 29 heavy (non-hydrogen) atoms. The Hall–Kier alpha value is -1.76. The standard InChI is InChI=1S/C26H28BrOP/c27-29(23-15-7-2-8-16-23,24-17-9-3-10-18-24,25-19-11-4-12-20-25)21-26(28)22-13-5-1-6-14-22/h2-4,7-12,15-20,22H,1,5-6,13-14,21H2. The Balaban J connectivity index is 1.95. The number of ketones is 1. The van der Waals surface area contributed by atoms with Gasteiger partial charge in [0.15, 0.2) is 0 Å². The number of carbonyl (C=O) groups is 1. The molecule has 3 aromatic rings. The summed E-state index contributed by atoms with van der Waals surface area (Å²) in [5.41, 5.74) is 0. The van der Waals surface area contributed by atoms with Crippen LogP contribution in [0, 0.1) is 5.92 Å². The third kappa shape index (κ3) is 3.74. The Morgan fingerprint density at radius 2 is 1.07 bits per heavy atom. The van der Waals surface area contributed by atoms with E-state index in [0.717, 1.165) is 12.8 Å². The van der Waals surface area contributed by atoms with Crippen molar-refractivity contribution in [3.8, 4) is 0 Å². The van der Waals surface area contributed by atoms with Crippen molar-refractivity contribution < 1.29 is 4.79 Å². The second-order valence-corrected chi connectivity index (χ2v) is 17.1. The van der Waals surface area contributed by atoms with Gasteiger partial charge in [-0.2, -0.15) is 0 Å². The van der Waals surface area contributed by atoms with Crippen LogP contribution < -0.4 is 15.9 Å². The van der Waals surface area contributed by atoms with Crippen LogP contribution in [0.1, 0.15) is 32.1 Å². The average molecular weight is 467 g/mol. The van der Waals surface area contributed by atoms with Crippen molar-refractivity contribution in [1.29, 1.82) is 0 Å². The van der Waals surface area contributed by atoms with Gasteiger partial charge in [-0.3, -0.25) is 0 Å². The molecule has 0 atom stereocenters. The SMILES string of the molecule is O=C(CP(Br)(c1ccccc1)(c1ccccc1)c1ccccc1)C1CCCCC1. The van der Waals surface area contributed by atoms with Crippen LogP contribution in [0.3, 0.4) is 0 Å². The molecule has 0 amide bonds. The normalized spacial score (nSPS) is 16.7. The first kappa shape index (κ1) is 20.5. The first-order valence-electron chi connectivity index (χ1n) is 10.6. The number of hydrogen-bond acceptors (Lipinski definition) is 1. The molecule has 1 nitrogen and oxygen atoms in total. The van der Waals surface area contributed by atoms with E-state index in [4.69, 9.17) is 0 Å². The summed E-state index contributed by atoms with van der Waals surface area (Å²) in [7, 11) is 0. The predicted octanol–water partition coefficient (Wildman–Crippen LogP) is 5.98. The van der Waals surface area contributed by atoms with E-state index in [1.54, 1.807) is 0 Å². The molecular formula is C26H28BrOP. The molecule has 4 rings (SSSR count). The predicted molar refractivity (Wildman–Crippen MR) is 131 cm³/mol. The summed E-state index contributed by atoms with van der Waals surface area (Å²) >= 11 is 4.39. The number of rotatable bonds is 6. The summed E-state index contributed by atoms with van der Waals surface area (Å²) in [6.45, 7) is 0. The molecule has 0 aliphatic heterocycles. The fraction of sp³-hybridized carbons (Fsp3) is 0.269. The summed E-state index contributed by atoms with van der Waals surface area (Å²) in [5, 5.41) is 0.542. The Kier molecular flexibility index (Phi) is 6.04. The Bertz CT molecular complexity index is 850. The Labute approximate surface area is 182 Å². The van der Waals surface area contributed by atoms with Gasteiger partial charge in [0, 0.05) is 0 Å². The molecule has 0 N–H and O–H groups in total. The van der Waals surface area contributed by atoms with Gasteiger partial charge in [0.25, 0.3) is 0 Å². The first-order chi connectivity index (χ1) is 14.1. The van der Waals surface area contributed by atoms with E-state index in [0.29, 0.717) is 11.9 Å². The molecule has 1 aliphatic rings. The molecule has 0 aromatic heterocycles. The molecular weight excluding hydrogens is 439 g/mol. The van der Waals surface area contributed by atoms with Crippen LogP contribution in [-0.2, 0) is 4.79 Å². The van der Waals surface area contributed by atoms with Gasteiger partial charge in [-0.15, -0.1) is 0 Å². The minimum atomic E-state index is -3.12. The maximum atomic E-state index is 13.7. The molecule has 3 heteroatoms. The van der Waals surface area contributed by atoms with Crippen LogP contribution in [-0.4, -0.2) is 11.9 Å². The molecule has 150 valence electrons. The molecule has 0 radical (unpaired) electrons. The Morgan fingerprint density at radius 1 is 0.690 bits per heavy atom. The fourth-order valence-corrected chi connectivity index (χ4v) is 12.3. The number of carbonyl (C=O) groups excluding carboxylic acids is 1. The summed E-state index contributed by atoms with van der Waals surface area (Å²) < 4.78 is 0. The number of Topliss-reactive ketones (excluding diaryl/α,β-unsaturated/α-hetero) is 1.